The predicted molar refractivity (Wildman–Crippen MR) is 27.1 cm³/mol. The number of aliphatic hydroxyl groups excluding tert-OH is 3. The highest BCUT2D eigenvalue weighted by Gasteiger charge is 2.23. The third-order valence-electron chi connectivity index (χ3n) is 1.02. The summed E-state index contributed by atoms with van der Waals surface area (Å²) in [5, 5.41) is 33.4. The molecule has 0 aliphatic rings. The van der Waals surface area contributed by atoms with Gasteiger partial charge in [0.2, 0.25) is 0 Å². The molecule has 0 aliphatic heterocycles. The first-order valence-corrected chi connectivity index (χ1v) is 2.34. The van der Waals surface area contributed by atoms with Gasteiger partial charge in [-0.05, 0) is 0 Å². The highest BCUT2D eigenvalue weighted by atomic mass is 16.3. The third-order valence-corrected chi connectivity index (χ3v) is 1.02. The average Bonchev–Trinajstić information content (AvgIpc) is 1.95. The van der Waals surface area contributed by atoms with Gasteiger partial charge in [0.1, 0.15) is 0 Å². The van der Waals surface area contributed by atoms with Gasteiger partial charge >= 0.3 is 6.19 Å². The number of nitriles is 1. The van der Waals surface area contributed by atoms with Crippen LogP contribution < -0.4 is 0 Å². The molecule has 0 heterocycles. The maximum Gasteiger partial charge on any atom is 0.314 e. The highest BCUT2D eigenvalue weighted by Crippen LogP contribution is 1.97. The van der Waals surface area contributed by atoms with Gasteiger partial charge in [0.25, 0.3) is 0 Å². The van der Waals surface area contributed by atoms with Crippen LogP contribution in [0.1, 0.15) is 0 Å². The van der Waals surface area contributed by atoms with E-state index < -0.39 is 24.7 Å². The Morgan fingerprint density at radius 2 is 1.44 bits per heavy atom. The van der Waals surface area contributed by atoms with Crippen molar-refractivity contribution in [2.45, 2.75) is 0 Å². The monoisotopic (exact) mass is 133 g/mol. The van der Waals surface area contributed by atoms with Gasteiger partial charge in [-0.25, -0.2) is 0 Å². The van der Waals surface area contributed by atoms with Gasteiger partial charge in [0.05, 0.1) is 0 Å². The second kappa shape index (κ2) is 3.37. The number of rotatable bonds is 3. The average molecular weight is 133 g/mol. The predicted octanol–water partition coefficient (Wildman–Crippen LogP) is -1.87. The van der Waals surface area contributed by atoms with Gasteiger partial charge in [0.15, 0.2) is 20.2 Å². The molecular formula is C4H9N2O3+. The first-order valence-electron chi connectivity index (χ1n) is 2.34. The van der Waals surface area contributed by atoms with Crippen molar-refractivity contribution in [3.8, 4) is 6.19 Å². The molecule has 0 fully saturated rings. The Bertz CT molecular complexity index is 107. The van der Waals surface area contributed by atoms with Crippen molar-refractivity contribution in [2.75, 3.05) is 20.2 Å². The Morgan fingerprint density at radius 3 is 1.44 bits per heavy atom. The van der Waals surface area contributed by atoms with E-state index in [9.17, 15) is 0 Å². The van der Waals surface area contributed by atoms with Crippen molar-refractivity contribution in [1.82, 2.24) is 0 Å². The summed E-state index contributed by atoms with van der Waals surface area (Å²) >= 11 is 0. The maximum atomic E-state index is 8.41. The smallest absolute Gasteiger partial charge is 0.314 e. The van der Waals surface area contributed by atoms with Crippen LogP contribution in [0, 0.1) is 11.5 Å². The first-order chi connectivity index (χ1) is 4.24. The number of hydrogen-bond donors (Lipinski definition) is 3. The Hall–Kier alpha value is -0.670. The third kappa shape index (κ3) is 1.62. The molecule has 0 aromatic carbocycles. The van der Waals surface area contributed by atoms with Crippen LogP contribution in [0.5, 0.6) is 0 Å². The van der Waals surface area contributed by atoms with Crippen molar-refractivity contribution >= 4 is 0 Å². The molecule has 0 unspecified atom stereocenters. The van der Waals surface area contributed by atoms with E-state index in [1.54, 1.807) is 6.19 Å². The van der Waals surface area contributed by atoms with Crippen LogP contribution in [0.15, 0.2) is 0 Å². The van der Waals surface area contributed by atoms with Crippen molar-refractivity contribution in [2.24, 2.45) is 0 Å². The van der Waals surface area contributed by atoms with E-state index in [1.807, 2.05) is 0 Å². The number of hydrogen-bond acceptors (Lipinski definition) is 4. The molecule has 0 atom stereocenters. The van der Waals surface area contributed by atoms with Crippen LogP contribution >= 0.6 is 0 Å². The van der Waals surface area contributed by atoms with Gasteiger partial charge in [-0.3, -0.25) is 0 Å². The summed E-state index contributed by atoms with van der Waals surface area (Å²) in [5.41, 5.74) is 0. The fourth-order valence-corrected chi connectivity index (χ4v) is 0.229. The second-order valence-electron chi connectivity index (χ2n) is 1.67. The Morgan fingerprint density at radius 1 is 1.11 bits per heavy atom. The molecule has 0 bridgehead atoms. The van der Waals surface area contributed by atoms with Gasteiger partial charge in [-0.15, -0.1) is 5.26 Å². The molecule has 0 saturated carbocycles. The van der Waals surface area contributed by atoms with Gasteiger partial charge in [-0.2, -0.15) is 4.48 Å². The lowest BCUT2D eigenvalue weighted by Crippen LogP contribution is -2.45. The van der Waals surface area contributed by atoms with E-state index in [-0.39, 0.29) is 0 Å². The molecule has 5 heteroatoms. The lowest BCUT2D eigenvalue weighted by Gasteiger charge is -2.20. The molecular weight excluding hydrogens is 124 g/mol. The second-order valence-corrected chi connectivity index (χ2v) is 1.67. The Kier molecular flexibility index (Phi) is 3.12. The molecule has 0 saturated heterocycles. The van der Waals surface area contributed by atoms with Crippen molar-refractivity contribution in [3.05, 3.63) is 0 Å². The molecule has 0 radical (unpaired) electrons. The Balaban J connectivity index is 4.04. The highest BCUT2D eigenvalue weighted by molar-refractivity contribution is 4.48. The van der Waals surface area contributed by atoms with Crippen LogP contribution in [0.2, 0.25) is 0 Å². The minimum absolute atomic E-state index is 0.580. The molecule has 0 spiro atoms. The SMILES string of the molecule is N#C[N+](CO)(CO)CO. The van der Waals surface area contributed by atoms with Crippen LogP contribution in [-0.4, -0.2) is 40.0 Å². The summed E-state index contributed by atoms with van der Waals surface area (Å²) in [6.45, 7) is -1.74. The van der Waals surface area contributed by atoms with E-state index in [0.29, 0.717) is 0 Å². The fourth-order valence-electron chi connectivity index (χ4n) is 0.229. The molecule has 5 nitrogen and oxygen atoms in total. The van der Waals surface area contributed by atoms with Gasteiger partial charge in [0, 0.05) is 0 Å². The number of nitrogens with zero attached hydrogens (tertiary/aromatic N) is 2. The molecule has 3 N–H and O–H groups in total. The van der Waals surface area contributed by atoms with Crippen LogP contribution in [0.3, 0.4) is 0 Å². The van der Waals surface area contributed by atoms with Crippen LogP contribution in [0.25, 0.3) is 0 Å². The topological polar surface area (TPSA) is 84.5 Å². The van der Waals surface area contributed by atoms with Crippen molar-refractivity contribution in [1.29, 1.82) is 5.26 Å². The minimum Gasteiger partial charge on any atom is -0.346 e. The Labute approximate surface area is 52.6 Å². The zero-order chi connectivity index (χ0) is 7.33. The summed E-state index contributed by atoms with van der Waals surface area (Å²) < 4.78 is -0.750. The van der Waals surface area contributed by atoms with E-state index in [4.69, 9.17) is 20.6 Å². The zero-order valence-electron chi connectivity index (χ0n) is 4.86. The van der Waals surface area contributed by atoms with Gasteiger partial charge in [-0.1, -0.05) is 0 Å². The van der Waals surface area contributed by atoms with Crippen LogP contribution in [0.4, 0.5) is 0 Å². The summed E-state index contributed by atoms with van der Waals surface area (Å²) in [4.78, 5) is 0. The molecule has 0 aromatic rings. The van der Waals surface area contributed by atoms with E-state index in [0.717, 1.165) is 0 Å². The lowest BCUT2D eigenvalue weighted by atomic mass is 10.7. The normalized spacial score (nSPS) is 10.9. The molecule has 0 rings (SSSR count). The standard InChI is InChI=1S/C4H9N2O3/c5-1-6(2-7,3-8)4-9/h7-9H,2-4H2/q+1. The summed E-state index contributed by atoms with van der Waals surface area (Å²) in [7, 11) is 0. The van der Waals surface area contributed by atoms with E-state index >= 15 is 0 Å². The fraction of sp³-hybridized carbons (Fsp3) is 0.750. The lowest BCUT2D eigenvalue weighted by molar-refractivity contribution is -0.920. The maximum absolute atomic E-state index is 8.41. The molecule has 0 aromatic heterocycles. The van der Waals surface area contributed by atoms with Crippen molar-refractivity contribution in [3.63, 3.8) is 0 Å². The number of aliphatic hydroxyl groups is 3. The summed E-state index contributed by atoms with van der Waals surface area (Å²) in [6, 6.07) is 0. The van der Waals surface area contributed by atoms with E-state index in [2.05, 4.69) is 0 Å². The number of quaternary nitrogens is 1. The molecule has 0 aliphatic carbocycles. The summed E-state index contributed by atoms with van der Waals surface area (Å²) in [6.07, 6.45) is 1.55. The zero-order valence-corrected chi connectivity index (χ0v) is 4.86. The van der Waals surface area contributed by atoms with Crippen molar-refractivity contribution < 1.29 is 19.8 Å². The minimum atomic E-state index is -0.750. The molecule has 52 valence electrons. The van der Waals surface area contributed by atoms with Crippen LogP contribution in [-0.2, 0) is 0 Å². The molecule has 0 amide bonds. The van der Waals surface area contributed by atoms with E-state index in [1.165, 1.54) is 0 Å². The molecule has 9 heavy (non-hydrogen) atoms. The van der Waals surface area contributed by atoms with Gasteiger partial charge < -0.3 is 15.3 Å². The largest absolute Gasteiger partial charge is 0.346 e. The summed E-state index contributed by atoms with van der Waals surface area (Å²) in [5.74, 6) is 0. The quantitative estimate of drug-likeness (QED) is 0.239. The first kappa shape index (κ1) is 8.33.